The number of aromatic nitrogens is 1. The smallest absolute Gasteiger partial charge is 0.0468 e. The molecule has 1 unspecified atom stereocenters. The lowest BCUT2D eigenvalue weighted by Gasteiger charge is -2.17. The Hall–Kier alpha value is -3.06. The molecule has 0 saturated heterocycles. The van der Waals surface area contributed by atoms with Crippen molar-refractivity contribution in [1.82, 2.24) is 4.98 Å². The summed E-state index contributed by atoms with van der Waals surface area (Å²) < 4.78 is 0. The first kappa shape index (κ1) is 14.3. The molecular weight excluding hydrogens is 302 g/mol. The second-order valence-electron chi connectivity index (χ2n) is 6.72. The summed E-state index contributed by atoms with van der Waals surface area (Å²) in [6.07, 6.45) is 5.67. The summed E-state index contributed by atoms with van der Waals surface area (Å²) >= 11 is 0. The lowest BCUT2D eigenvalue weighted by molar-refractivity contribution is 0.809. The van der Waals surface area contributed by atoms with E-state index in [4.69, 9.17) is 0 Å². The predicted molar refractivity (Wildman–Crippen MR) is 106 cm³/mol. The summed E-state index contributed by atoms with van der Waals surface area (Å²) in [5, 5.41) is 1.32. The van der Waals surface area contributed by atoms with E-state index in [1.807, 2.05) is 0 Å². The van der Waals surface area contributed by atoms with Crippen LogP contribution in [-0.2, 0) is 6.42 Å². The van der Waals surface area contributed by atoms with E-state index in [1.165, 1.54) is 38.9 Å². The Morgan fingerprint density at radius 3 is 2.32 bits per heavy atom. The molecule has 3 aromatic carbocycles. The van der Waals surface area contributed by atoms with Gasteiger partial charge < -0.3 is 4.98 Å². The van der Waals surface area contributed by atoms with Gasteiger partial charge in [0.05, 0.1) is 0 Å². The van der Waals surface area contributed by atoms with Crippen LogP contribution in [0.25, 0.3) is 28.1 Å². The molecule has 0 saturated carbocycles. The van der Waals surface area contributed by atoms with Crippen LogP contribution >= 0.6 is 0 Å². The van der Waals surface area contributed by atoms with Gasteiger partial charge in [0.25, 0.3) is 0 Å². The van der Waals surface area contributed by atoms with Crippen molar-refractivity contribution in [2.24, 2.45) is 0 Å². The van der Waals surface area contributed by atoms with E-state index in [0.717, 1.165) is 6.42 Å². The first-order valence-corrected chi connectivity index (χ1v) is 8.82. The molecule has 1 N–H and O–H groups in total. The van der Waals surface area contributed by atoms with Gasteiger partial charge in [-0.1, -0.05) is 84.9 Å². The third-order valence-electron chi connectivity index (χ3n) is 5.17. The second kappa shape index (κ2) is 5.78. The molecule has 0 fully saturated rings. The molecule has 0 bridgehead atoms. The number of nitrogens with one attached hydrogen (secondary N) is 1. The Morgan fingerprint density at radius 1 is 0.760 bits per heavy atom. The Balaban J connectivity index is 1.55. The number of allylic oxidation sites excluding steroid dienone is 1. The van der Waals surface area contributed by atoms with Crippen molar-refractivity contribution in [3.63, 3.8) is 0 Å². The minimum Gasteiger partial charge on any atom is -0.358 e. The van der Waals surface area contributed by atoms with Crippen molar-refractivity contribution in [2.75, 3.05) is 0 Å². The largest absolute Gasteiger partial charge is 0.358 e. The van der Waals surface area contributed by atoms with E-state index in [0.29, 0.717) is 5.92 Å². The van der Waals surface area contributed by atoms with E-state index < -0.39 is 0 Å². The molecule has 25 heavy (non-hydrogen) atoms. The average Bonchev–Trinajstić information content (AvgIpc) is 3.06. The molecule has 1 atom stereocenters. The zero-order chi connectivity index (χ0) is 16.6. The van der Waals surface area contributed by atoms with Crippen LogP contribution in [0.5, 0.6) is 0 Å². The van der Waals surface area contributed by atoms with E-state index in [1.54, 1.807) is 0 Å². The molecule has 120 valence electrons. The van der Waals surface area contributed by atoms with E-state index in [9.17, 15) is 0 Å². The average molecular weight is 321 g/mol. The Morgan fingerprint density at radius 2 is 1.52 bits per heavy atom. The van der Waals surface area contributed by atoms with Crippen LogP contribution in [0.1, 0.15) is 22.7 Å². The number of aromatic amines is 1. The van der Waals surface area contributed by atoms with E-state index in [2.05, 4.69) is 96.0 Å². The highest BCUT2D eigenvalue weighted by Crippen LogP contribution is 2.35. The lowest BCUT2D eigenvalue weighted by Crippen LogP contribution is -2.04. The van der Waals surface area contributed by atoms with Gasteiger partial charge in [-0.25, -0.2) is 0 Å². The molecule has 1 heterocycles. The minimum atomic E-state index is 0.454. The van der Waals surface area contributed by atoms with Gasteiger partial charge in [-0.2, -0.15) is 0 Å². The number of rotatable bonds is 2. The summed E-state index contributed by atoms with van der Waals surface area (Å²) in [6, 6.07) is 28.1. The fourth-order valence-electron chi connectivity index (χ4n) is 3.87. The first-order chi connectivity index (χ1) is 12.4. The number of hydrogen-bond donors (Lipinski definition) is 1. The maximum absolute atomic E-state index is 3.67. The van der Waals surface area contributed by atoms with Crippen LogP contribution in [0, 0.1) is 0 Å². The van der Waals surface area contributed by atoms with Gasteiger partial charge >= 0.3 is 0 Å². The Bertz CT molecular complexity index is 1060. The number of H-pyrrole nitrogens is 1. The summed E-state index contributed by atoms with van der Waals surface area (Å²) in [5.41, 5.74) is 7.82. The summed E-state index contributed by atoms with van der Waals surface area (Å²) in [7, 11) is 0. The number of hydrogen-bond acceptors (Lipinski definition) is 0. The van der Waals surface area contributed by atoms with Gasteiger partial charge in [-0.3, -0.25) is 0 Å². The highest BCUT2D eigenvalue weighted by atomic mass is 14.7. The minimum absolute atomic E-state index is 0.454. The van der Waals surface area contributed by atoms with Crippen LogP contribution in [0.3, 0.4) is 0 Å². The molecule has 1 heteroatoms. The Labute approximate surface area is 147 Å². The van der Waals surface area contributed by atoms with Crippen LogP contribution < -0.4 is 0 Å². The first-order valence-electron chi connectivity index (χ1n) is 8.82. The fraction of sp³-hybridized carbons (Fsp3) is 0.0833. The van der Waals surface area contributed by atoms with Gasteiger partial charge in [0.2, 0.25) is 0 Å². The highest BCUT2D eigenvalue weighted by molar-refractivity contribution is 5.94. The third-order valence-corrected chi connectivity index (χ3v) is 5.17. The molecule has 1 aliphatic carbocycles. The van der Waals surface area contributed by atoms with Crippen LogP contribution in [0.15, 0.2) is 84.9 Å². The van der Waals surface area contributed by atoms with E-state index >= 15 is 0 Å². The van der Waals surface area contributed by atoms with Crippen molar-refractivity contribution >= 4 is 17.0 Å². The molecule has 0 radical (unpaired) electrons. The summed E-state index contributed by atoms with van der Waals surface area (Å²) in [4.78, 5) is 3.67. The number of benzene rings is 3. The van der Waals surface area contributed by atoms with Crippen LogP contribution in [0.4, 0.5) is 0 Å². The van der Waals surface area contributed by atoms with Gasteiger partial charge in [-0.15, -0.1) is 0 Å². The molecule has 5 rings (SSSR count). The van der Waals surface area contributed by atoms with Crippen LogP contribution in [0.2, 0.25) is 0 Å². The Kier molecular flexibility index (Phi) is 3.31. The molecule has 4 aromatic rings. The zero-order valence-electron chi connectivity index (χ0n) is 13.9. The predicted octanol–water partition coefficient (Wildman–Crippen LogP) is 6.19. The van der Waals surface area contributed by atoms with E-state index in [-0.39, 0.29) is 0 Å². The SMILES string of the molecule is C1=CC(c2ccccc2)Cc2[nH]c3cc(-c4ccccc4)ccc3c21. The van der Waals surface area contributed by atoms with Crippen molar-refractivity contribution < 1.29 is 0 Å². The quantitative estimate of drug-likeness (QED) is 0.453. The molecule has 1 aromatic heterocycles. The normalized spacial score (nSPS) is 16.1. The number of fused-ring (bicyclic) bond motifs is 3. The second-order valence-corrected chi connectivity index (χ2v) is 6.72. The maximum Gasteiger partial charge on any atom is 0.0468 e. The zero-order valence-corrected chi connectivity index (χ0v) is 13.9. The highest BCUT2D eigenvalue weighted by Gasteiger charge is 2.19. The topological polar surface area (TPSA) is 15.8 Å². The van der Waals surface area contributed by atoms with Gasteiger partial charge in [-0.05, 0) is 29.2 Å². The molecule has 1 nitrogen and oxygen atoms in total. The lowest BCUT2D eigenvalue weighted by atomic mass is 9.88. The molecule has 0 spiro atoms. The van der Waals surface area contributed by atoms with Crippen molar-refractivity contribution in [3.8, 4) is 11.1 Å². The summed E-state index contributed by atoms with van der Waals surface area (Å²) in [5.74, 6) is 0.454. The molecule has 0 aliphatic heterocycles. The standard InChI is InChI=1S/C24H19N/c1-3-7-17(8-4-1)19-11-13-21-22-14-12-20(18-9-5-2-6-10-18)16-24(22)25-23(21)15-19/h1-15,20,25H,16H2. The van der Waals surface area contributed by atoms with Gasteiger partial charge in [0.1, 0.15) is 0 Å². The molecule has 1 aliphatic rings. The van der Waals surface area contributed by atoms with Crippen molar-refractivity contribution in [1.29, 1.82) is 0 Å². The molecular formula is C24H19N. The van der Waals surface area contributed by atoms with Crippen molar-refractivity contribution in [3.05, 3.63) is 102 Å². The third kappa shape index (κ3) is 2.49. The monoisotopic (exact) mass is 321 g/mol. The summed E-state index contributed by atoms with van der Waals surface area (Å²) in [6.45, 7) is 0. The van der Waals surface area contributed by atoms with Gasteiger partial charge in [0, 0.05) is 28.1 Å². The molecule has 0 amide bonds. The maximum atomic E-state index is 3.67. The van der Waals surface area contributed by atoms with Crippen molar-refractivity contribution in [2.45, 2.75) is 12.3 Å². The van der Waals surface area contributed by atoms with Crippen LogP contribution in [-0.4, -0.2) is 4.98 Å². The van der Waals surface area contributed by atoms with Gasteiger partial charge in [0.15, 0.2) is 0 Å². The fourth-order valence-corrected chi connectivity index (χ4v) is 3.87.